The number of nitrogens with two attached hydrogens (primary N) is 1. The summed E-state index contributed by atoms with van der Waals surface area (Å²) in [6, 6.07) is 7.14. The molecule has 0 aliphatic carbocycles. The molecule has 1 aromatic heterocycles. The summed E-state index contributed by atoms with van der Waals surface area (Å²) in [5, 5.41) is 10.6. The molecule has 1 amide bonds. The van der Waals surface area contributed by atoms with Gasteiger partial charge in [0.25, 0.3) is 0 Å². The number of aromatic nitrogens is 3. The maximum atomic E-state index is 12.2. The summed E-state index contributed by atoms with van der Waals surface area (Å²) in [5.41, 5.74) is 7.28. The molecule has 2 heterocycles. The summed E-state index contributed by atoms with van der Waals surface area (Å²) in [5.74, 6) is -0.457. The van der Waals surface area contributed by atoms with Gasteiger partial charge in [-0.3, -0.25) is 4.79 Å². The smallest absolute Gasteiger partial charge is 0.231 e. The zero-order valence-electron chi connectivity index (χ0n) is 10.8. The van der Waals surface area contributed by atoms with E-state index >= 15 is 0 Å². The first-order valence-corrected chi connectivity index (χ1v) is 6.35. The Labute approximate surface area is 115 Å². The Hall–Kier alpha value is -2.25. The third kappa shape index (κ3) is 2.40. The number of nitrogens with one attached hydrogen (secondary N) is 1. The lowest BCUT2D eigenvalue weighted by atomic mass is 10.0. The minimum atomic E-state index is -0.321. The van der Waals surface area contributed by atoms with Gasteiger partial charge in [-0.1, -0.05) is 17.3 Å². The van der Waals surface area contributed by atoms with E-state index in [1.807, 2.05) is 24.3 Å². The molecule has 1 fully saturated rings. The summed E-state index contributed by atoms with van der Waals surface area (Å²) < 4.78 is 6.82. The number of rotatable bonds is 3. The van der Waals surface area contributed by atoms with Gasteiger partial charge in [0, 0.05) is 6.04 Å². The first kappa shape index (κ1) is 12.8. The number of ether oxygens (including phenoxy) is 1. The number of hydrogen-bond donors (Lipinski definition) is 2. The number of nitrogens with zero attached hydrogens (tertiary/aromatic N) is 3. The van der Waals surface area contributed by atoms with Crippen LogP contribution in [0.25, 0.3) is 5.69 Å². The highest BCUT2D eigenvalue weighted by molar-refractivity contribution is 5.95. The maximum Gasteiger partial charge on any atom is 0.231 e. The van der Waals surface area contributed by atoms with Gasteiger partial charge in [0.15, 0.2) is 0 Å². The predicted molar refractivity (Wildman–Crippen MR) is 72.3 cm³/mol. The maximum absolute atomic E-state index is 12.2. The van der Waals surface area contributed by atoms with Crippen molar-refractivity contribution in [1.29, 1.82) is 0 Å². The van der Waals surface area contributed by atoms with Crippen LogP contribution >= 0.6 is 0 Å². The molecular formula is C13H15N5O2. The van der Waals surface area contributed by atoms with Crippen LogP contribution in [0.2, 0.25) is 0 Å². The zero-order valence-corrected chi connectivity index (χ0v) is 10.8. The summed E-state index contributed by atoms with van der Waals surface area (Å²) >= 11 is 0. The molecule has 7 heteroatoms. The van der Waals surface area contributed by atoms with Gasteiger partial charge in [-0.25, -0.2) is 4.68 Å². The van der Waals surface area contributed by atoms with Crippen LogP contribution in [0.1, 0.15) is 0 Å². The molecule has 20 heavy (non-hydrogen) atoms. The average Bonchev–Trinajstić information content (AvgIpc) is 3.10. The lowest BCUT2D eigenvalue weighted by molar-refractivity contribution is -0.120. The quantitative estimate of drug-likeness (QED) is 0.831. The predicted octanol–water partition coefficient (Wildman–Crippen LogP) is 0.179. The average molecular weight is 273 g/mol. The van der Waals surface area contributed by atoms with Crippen LogP contribution in [-0.4, -0.2) is 40.2 Å². The van der Waals surface area contributed by atoms with Crippen LogP contribution in [0.15, 0.2) is 36.7 Å². The fourth-order valence-corrected chi connectivity index (χ4v) is 2.18. The Bertz CT molecular complexity index is 599. The molecule has 7 nitrogen and oxygen atoms in total. The van der Waals surface area contributed by atoms with Crippen molar-refractivity contribution in [2.75, 3.05) is 18.5 Å². The number of anilines is 1. The largest absolute Gasteiger partial charge is 0.379 e. The Morgan fingerprint density at radius 3 is 2.95 bits per heavy atom. The summed E-state index contributed by atoms with van der Waals surface area (Å²) in [7, 11) is 0. The summed E-state index contributed by atoms with van der Waals surface area (Å²) in [4.78, 5) is 12.2. The Morgan fingerprint density at radius 1 is 1.40 bits per heavy atom. The molecule has 0 saturated carbocycles. The van der Waals surface area contributed by atoms with E-state index in [4.69, 9.17) is 10.5 Å². The van der Waals surface area contributed by atoms with E-state index in [0.29, 0.717) is 18.9 Å². The standard InChI is InChI=1S/C13H15N5O2/c14-10-8-20-7-9(10)13(19)16-11-3-1-2-4-12(11)18-6-5-15-17-18/h1-6,9-10H,7-8,14H2,(H,16,19). The molecule has 104 valence electrons. The number of para-hydroxylation sites is 2. The van der Waals surface area contributed by atoms with Crippen molar-refractivity contribution >= 4 is 11.6 Å². The summed E-state index contributed by atoms with van der Waals surface area (Å²) in [6.45, 7) is 0.779. The van der Waals surface area contributed by atoms with Gasteiger partial charge in [-0.2, -0.15) is 0 Å². The van der Waals surface area contributed by atoms with Crippen LogP contribution in [0.3, 0.4) is 0 Å². The molecular weight excluding hydrogens is 258 g/mol. The van der Waals surface area contributed by atoms with E-state index in [0.717, 1.165) is 5.69 Å². The normalized spacial score (nSPS) is 21.9. The first-order valence-electron chi connectivity index (χ1n) is 6.35. The van der Waals surface area contributed by atoms with Crippen molar-refractivity contribution in [1.82, 2.24) is 15.0 Å². The number of amides is 1. The number of benzene rings is 1. The third-order valence-electron chi connectivity index (χ3n) is 3.29. The topological polar surface area (TPSA) is 95.1 Å². The number of carbonyl (C=O) groups is 1. The van der Waals surface area contributed by atoms with E-state index < -0.39 is 0 Å². The van der Waals surface area contributed by atoms with Gasteiger partial charge in [-0.15, -0.1) is 5.10 Å². The van der Waals surface area contributed by atoms with Crippen LogP contribution in [0.4, 0.5) is 5.69 Å². The van der Waals surface area contributed by atoms with Gasteiger partial charge in [-0.05, 0) is 12.1 Å². The monoisotopic (exact) mass is 273 g/mol. The van der Waals surface area contributed by atoms with Gasteiger partial charge in [0.2, 0.25) is 5.91 Å². The van der Waals surface area contributed by atoms with Gasteiger partial charge >= 0.3 is 0 Å². The van der Waals surface area contributed by atoms with E-state index in [2.05, 4.69) is 15.6 Å². The third-order valence-corrected chi connectivity index (χ3v) is 3.29. The van der Waals surface area contributed by atoms with Crippen molar-refractivity contribution in [3.05, 3.63) is 36.7 Å². The van der Waals surface area contributed by atoms with Crippen LogP contribution in [0, 0.1) is 5.92 Å². The van der Waals surface area contributed by atoms with Crippen LogP contribution < -0.4 is 11.1 Å². The molecule has 2 atom stereocenters. The van der Waals surface area contributed by atoms with Crippen molar-refractivity contribution in [2.24, 2.45) is 11.7 Å². The molecule has 3 N–H and O–H groups in total. The second kappa shape index (κ2) is 5.40. The number of hydrogen-bond acceptors (Lipinski definition) is 5. The van der Waals surface area contributed by atoms with E-state index in [-0.39, 0.29) is 17.9 Å². The first-order chi connectivity index (χ1) is 9.75. The molecule has 0 bridgehead atoms. The van der Waals surface area contributed by atoms with E-state index in [1.54, 1.807) is 17.1 Å². The molecule has 1 saturated heterocycles. The lowest BCUT2D eigenvalue weighted by Crippen LogP contribution is -2.37. The van der Waals surface area contributed by atoms with Crippen molar-refractivity contribution < 1.29 is 9.53 Å². The SMILES string of the molecule is NC1COCC1C(=O)Nc1ccccc1-n1ccnn1. The van der Waals surface area contributed by atoms with Crippen molar-refractivity contribution in [3.63, 3.8) is 0 Å². The second-order valence-electron chi connectivity index (χ2n) is 4.66. The molecule has 3 rings (SSSR count). The lowest BCUT2D eigenvalue weighted by Gasteiger charge is -2.15. The second-order valence-corrected chi connectivity index (χ2v) is 4.66. The Balaban J connectivity index is 1.83. The van der Waals surface area contributed by atoms with Crippen LogP contribution in [-0.2, 0) is 9.53 Å². The Morgan fingerprint density at radius 2 is 2.25 bits per heavy atom. The molecule has 1 aliphatic rings. The highest BCUT2D eigenvalue weighted by Crippen LogP contribution is 2.21. The minimum absolute atomic E-state index is 0.137. The molecule has 2 aromatic rings. The van der Waals surface area contributed by atoms with Gasteiger partial charge < -0.3 is 15.8 Å². The molecule has 0 spiro atoms. The van der Waals surface area contributed by atoms with Crippen molar-refractivity contribution in [3.8, 4) is 5.69 Å². The van der Waals surface area contributed by atoms with Gasteiger partial charge in [0.05, 0.1) is 42.9 Å². The fraction of sp³-hybridized carbons (Fsp3) is 0.308. The highest BCUT2D eigenvalue weighted by atomic mass is 16.5. The highest BCUT2D eigenvalue weighted by Gasteiger charge is 2.31. The molecule has 1 aromatic carbocycles. The number of carbonyl (C=O) groups excluding carboxylic acids is 1. The minimum Gasteiger partial charge on any atom is -0.379 e. The molecule has 1 aliphatic heterocycles. The van der Waals surface area contributed by atoms with Gasteiger partial charge in [0.1, 0.15) is 0 Å². The molecule has 2 unspecified atom stereocenters. The van der Waals surface area contributed by atoms with E-state index in [9.17, 15) is 4.79 Å². The van der Waals surface area contributed by atoms with E-state index in [1.165, 1.54) is 0 Å². The summed E-state index contributed by atoms with van der Waals surface area (Å²) in [6.07, 6.45) is 3.30. The van der Waals surface area contributed by atoms with Crippen LogP contribution in [0.5, 0.6) is 0 Å². The molecule has 0 radical (unpaired) electrons. The zero-order chi connectivity index (χ0) is 13.9. The Kier molecular flexibility index (Phi) is 3.44. The fourth-order valence-electron chi connectivity index (χ4n) is 2.18. The van der Waals surface area contributed by atoms with Crippen molar-refractivity contribution in [2.45, 2.75) is 6.04 Å².